The number of imidazole rings is 1. The Kier molecular flexibility index (Phi) is 4.63. The molecule has 1 amide bonds. The number of fused-ring (bicyclic) bond motifs is 1. The molecule has 0 saturated heterocycles. The van der Waals surface area contributed by atoms with Gasteiger partial charge in [-0.1, -0.05) is 11.8 Å². The van der Waals surface area contributed by atoms with Crippen LogP contribution in [-0.2, 0) is 12.3 Å². The second kappa shape index (κ2) is 7.23. The first kappa shape index (κ1) is 17.3. The van der Waals surface area contributed by atoms with E-state index in [-0.39, 0.29) is 24.0 Å². The molecule has 3 aromatic heterocycles. The molecule has 138 valence electrons. The molecule has 0 atom stereocenters. The SMILES string of the molecule is CN(Cc1nc2ccc(F)cc2[nH]1)C(=O)c1ccc(CSc2ncn[nH]2)o1. The third-order valence-electron chi connectivity index (χ3n) is 3.84. The van der Waals surface area contributed by atoms with Gasteiger partial charge < -0.3 is 14.3 Å². The van der Waals surface area contributed by atoms with Crippen molar-refractivity contribution in [2.24, 2.45) is 0 Å². The number of amides is 1. The molecule has 0 aliphatic heterocycles. The fraction of sp³-hybridized carbons (Fsp3) is 0.176. The van der Waals surface area contributed by atoms with Crippen LogP contribution in [0.5, 0.6) is 0 Å². The summed E-state index contributed by atoms with van der Waals surface area (Å²) in [7, 11) is 1.65. The summed E-state index contributed by atoms with van der Waals surface area (Å²) in [5.74, 6) is 1.40. The van der Waals surface area contributed by atoms with E-state index in [4.69, 9.17) is 4.42 Å². The van der Waals surface area contributed by atoms with E-state index in [0.29, 0.717) is 33.5 Å². The van der Waals surface area contributed by atoms with Crippen molar-refractivity contribution in [2.75, 3.05) is 7.05 Å². The molecule has 0 bridgehead atoms. The molecule has 2 N–H and O–H groups in total. The normalized spacial score (nSPS) is 11.2. The summed E-state index contributed by atoms with van der Waals surface area (Å²) >= 11 is 1.43. The highest BCUT2D eigenvalue weighted by atomic mass is 32.2. The average molecular weight is 386 g/mol. The number of aromatic nitrogens is 5. The van der Waals surface area contributed by atoms with Gasteiger partial charge in [-0.25, -0.2) is 14.4 Å². The van der Waals surface area contributed by atoms with Crippen molar-refractivity contribution in [2.45, 2.75) is 17.5 Å². The van der Waals surface area contributed by atoms with Crippen LogP contribution in [0.15, 0.2) is 46.2 Å². The number of rotatable bonds is 6. The number of carbonyl (C=O) groups is 1. The molecular formula is C17H15FN6O2S. The topological polar surface area (TPSA) is 104 Å². The number of thioether (sulfide) groups is 1. The molecule has 4 aromatic rings. The van der Waals surface area contributed by atoms with Gasteiger partial charge in [-0.15, -0.1) is 0 Å². The van der Waals surface area contributed by atoms with E-state index < -0.39 is 0 Å². The van der Waals surface area contributed by atoms with Crippen molar-refractivity contribution in [3.05, 3.63) is 59.8 Å². The first-order valence-corrected chi connectivity index (χ1v) is 9.03. The standard InChI is InChI=1S/C17H15FN6O2S/c1-24(7-15-21-12-4-2-10(18)6-13(12)22-15)16(25)14-5-3-11(26-14)8-27-17-19-9-20-23-17/h2-6,9H,7-8H2,1H3,(H,21,22)(H,19,20,23). The number of hydrogen-bond donors (Lipinski definition) is 2. The molecule has 3 heterocycles. The lowest BCUT2D eigenvalue weighted by molar-refractivity contribution is 0.0749. The number of nitrogens with one attached hydrogen (secondary N) is 2. The van der Waals surface area contributed by atoms with E-state index in [1.807, 2.05) is 0 Å². The Balaban J connectivity index is 1.40. The van der Waals surface area contributed by atoms with E-state index in [1.54, 1.807) is 25.2 Å². The van der Waals surface area contributed by atoms with Gasteiger partial charge >= 0.3 is 0 Å². The highest BCUT2D eigenvalue weighted by Crippen LogP contribution is 2.21. The van der Waals surface area contributed by atoms with Gasteiger partial charge in [0, 0.05) is 7.05 Å². The maximum absolute atomic E-state index is 13.3. The number of halogens is 1. The van der Waals surface area contributed by atoms with Crippen molar-refractivity contribution < 1.29 is 13.6 Å². The Morgan fingerprint density at radius 1 is 1.33 bits per heavy atom. The van der Waals surface area contributed by atoms with Gasteiger partial charge in [-0.2, -0.15) is 5.10 Å². The molecule has 10 heteroatoms. The van der Waals surface area contributed by atoms with Crippen LogP contribution in [0.3, 0.4) is 0 Å². The van der Waals surface area contributed by atoms with Gasteiger partial charge in [-0.3, -0.25) is 9.89 Å². The van der Waals surface area contributed by atoms with Crippen molar-refractivity contribution in [1.82, 2.24) is 30.0 Å². The van der Waals surface area contributed by atoms with Crippen LogP contribution in [0, 0.1) is 5.82 Å². The largest absolute Gasteiger partial charge is 0.455 e. The summed E-state index contributed by atoms with van der Waals surface area (Å²) in [6.45, 7) is 0.248. The summed E-state index contributed by atoms with van der Waals surface area (Å²) in [6, 6.07) is 7.72. The highest BCUT2D eigenvalue weighted by Gasteiger charge is 2.18. The second-order valence-corrected chi connectivity index (χ2v) is 6.82. The van der Waals surface area contributed by atoms with Gasteiger partial charge in [0.05, 0.1) is 23.3 Å². The fourth-order valence-electron chi connectivity index (χ4n) is 2.57. The zero-order valence-corrected chi connectivity index (χ0v) is 15.1. The molecule has 1 aromatic carbocycles. The van der Waals surface area contributed by atoms with Gasteiger partial charge in [0.2, 0.25) is 0 Å². The zero-order valence-electron chi connectivity index (χ0n) is 14.3. The number of H-pyrrole nitrogens is 2. The highest BCUT2D eigenvalue weighted by molar-refractivity contribution is 7.98. The third kappa shape index (κ3) is 3.85. The molecular weight excluding hydrogens is 371 g/mol. The summed E-state index contributed by atoms with van der Waals surface area (Å²) in [5, 5.41) is 7.20. The molecule has 0 aliphatic carbocycles. The van der Waals surface area contributed by atoms with E-state index in [0.717, 1.165) is 0 Å². The molecule has 27 heavy (non-hydrogen) atoms. The zero-order chi connectivity index (χ0) is 18.8. The van der Waals surface area contributed by atoms with Crippen molar-refractivity contribution in [1.29, 1.82) is 0 Å². The number of hydrogen-bond acceptors (Lipinski definition) is 6. The lowest BCUT2D eigenvalue weighted by atomic mass is 10.3. The number of furan rings is 1. The van der Waals surface area contributed by atoms with E-state index >= 15 is 0 Å². The maximum Gasteiger partial charge on any atom is 0.289 e. The molecule has 0 saturated carbocycles. The van der Waals surface area contributed by atoms with Gasteiger partial charge in [0.1, 0.15) is 23.7 Å². The average Bonchev–Trinajstić information content (AvgIpc) is 3.39. The van der Waals surface area contributed by atoms with Crippen LogP contribution in [0.4, 0.5) is 4.39 Å². The number of aromatic amines is 2. The lowest BCUT2D eigenvalue weighted by Crippen LogP contribution is -2.26. The quantitative estimate of drug-likeness (QED) is 0.494. The van der Waals surface area contributed by atoms with Gasteiger partial charge in [0.15, 0.2) is 10.9 Å². The molecule has 0 aliphatic rings. The Hall–Kier alpha value is -3.14. The first-order chi connectivity index (χ1) is 13.1. The van der Waals surface area contributed by atoms with Crippen LogP contribution in [0.1, 0.15) is 22.1 Å². The molecule has 0 spiro atoms. The van der Waals surface area contributed by atoms with Gasteiger partial charge in [-0.05, 0) is 30.3 Å². The number of carbonyl (C=O) groups excluding carboxylic acids is 1. The summed E-state index contributed by atoms with van der Waals surface area (Å²) in [6.07, 6.45) is 1.43. The minimum atomic E-state index is -0.339. The van der Waals surface area contributed by atoms with E-state index in [2.05, 4.69) is 25.1 Å². The minimum Gasteiger partial charge on any atom is -0.455 e. The van der Waals surface area contributed by atoms with Crippen molar-refractivity contribution >= 4 is 28.7 Å². The summed E-state index contributed by atoms with van der Waals surface area (Å²) in [5.41, 5.74) is 1.24. The molecule has 0 radical (unpaired) electrons. The van der Waals surface area contributed by atoms with Crippen LogP contribution in [0.2, 0.25) is 0 Å². The van der Waals surface area contributed by atoms with Crippen molar-refractivity contribution in [3.8, 4) is 0 Å². The Morgan fingerprint density at radius 3 is 3.04 bits per heavy atom. The van der Waals surface area contributed by atoms with E-state index in [9.17, 15) is 9.18 Å². The second-order valence-electron chi connectivity index (χ2n) is 5.85. The maximum atomic E-state index is 13.3. The fourth-order valence-corrected chi connectivity index (χ4v) is 3.24. The number of benzene rings is 1. The van der Waals surface area contributed by atoms with Crippen LogP contribution >= 0.6 is 11.8 Å². The van der Waals surface area contributed by atoms with Crippen LogP contribution in [0.25, 0.3) is 11.0 Å². The molecule has 8 nitrogen and oxygen atoms in total. The summed E-state index contributed by atoms with van der Waals surface area (Å²) in [4.78, 5) is 25.4. The molecule has 0 fully saturated rings. The molecule has 4 rings (SSSR count). The monoisotopic (exact) mass is 386 g/mol. The minimum absolute atomic E-state index is 0.243. The first-order valence-electron chi connectivity index (χ1n) is 8.05. The Morgan fingerprint density at radius 2 is 2.22 bits per heavy atom. The van der Waals surface area contributed by atoms with Crippen LogP contribution < -0.4 is 0 Å². The number of nitrogens with zero attached hydrogens (tertiary/aromatic N) is 4. The third-order valence-corrected chi connectivity index (χ3v) is 4.74. The van der Waals surface area contributed by atoms with Gasteiger partial charge in [0.25, 0.3) is 5.91 Å². The molecule has 0 unspecified atom stereocenters. The van der Waals surface area contributed by atoms with E-state index in [1.165, 1.54) is 35.1 Å². The lowest BCUT2D eigenvalue weighted by Gasteiger charge is -2.13. The predicted molar refractivity (Wildman–Crippen MR) is 96.5 cm³/mol. The van der Waals surface area contributed by atoms with Crippen molar-refractivity contribution in [3.63, 3.8) is 0 Å². The smallest absolute Gasteiger partial charge is 0.289 e. The predicted octanol–water partition coefficient (Wildman–Crippen LogP) is 2.98. The van der Waals surface area contributed by atoms with Crippen LogP contribution in [-0.4, -0.2) is 43.0 Å². The Bertz CT molecular complexity index is 1070. The Labute approximate surface area is 157 Å². The summed E-state index contributed by atoms with van der Waals surface area (Å²) < 4.78 is 18.9.